The minimum Gasteiger partial charge on any atom is -0.466 e. The quantitative estimate of drug-likeness (QED) is 0.574. The molecule has 1 aromatic heterocycles. The molecule has 0 aromatic carbocycles. The van der Waals surface area contributed by atoms with Crippen LogP contribution in [-0.2, 0) is 14.9 Å². The van der Waals surface area contributed by atoms with Crippen LogP contribution in [0.2, 0.25) is 0 Å². The molecule has 2 fully saturated rings. The van der Waals surface area contributed by atoms with Crippen LogP contribution < -0.4 is 4.90 Å². The van der Waals surface area contributed by atoms with E-state index in [1.165, 1.54) is 25.5 Å². The van der Waals surface area contributed by atoms with Gasteiger partial charge in [0, 0.05) is 62.7 Å². The van der Waals surface area contributed by atoms with E-state index in [0.717, 1.165) is 50.8 Å². The van der Waals surface area contributed by atoms with Crippen LogP contribution in [-0.4, -0.2) is 60.2 Å². The van der Waals surface area contributed by atoms with Crippen molar-refractivity contribution in [1.29, 1.82) is 0 Å². The van der Waals surface area contributed by atoms with Crippen LogP contribution in [0.4, 0.5) is 5.82 Å². The van der Waals surface area contributed by atoms with E-state index in [4.69, 9.17) is 14.7 Å². The zero-order valence-electron chi connectivity index (χ0n) is 16.6. The first kappa shape index (κ1) is 19.1. The van der Waals surface area contributed by atoms with Crippen molar-refractivity contribution in [2.75, 3.05) is 44.2 Å². The lowest BCUT2D eigenvalue weighted by atomic mass is 9.95. The molecule has 6 heteroatoms. The number of aromatic nitrogens is 2. The van der Waals surface area contributed by atoms with Gasteiger partial charge in [-0.3, -0.25) is 9.69 Å². The molecule has 1 aliphatic carbocycles. The normalized spacial score (nSPS) is 18.8. The summed E-state index contributed by atoms with van der Waals surface area (Å²) in [6, 6.07) is 2.21. The smallest absolute Gasteiger partial charge is 0.302 e. The van der Waals surface area contributed by atoms with Gasteiger partial charge < -0.3 is 9.64 Å². The van der Waals surface area contributed by atoms with Gasteiger partial charge in [-0.1, -0.05) is 20.8 Å². The second-order valence-electron chi connectivity index (χ2n) is 8.52. The second-order valence-corrected chi connectivity index (χ2v) is 8.52. The summed E-state index contributed by atoms with van der Waals surface area (Å²) in [5.41, 5.74) is 1.20. The third kappa shape index (κ3) is 5.16. The van der Waals surface area contributed by atoms with E-state index in [0.29, 0.717) is 12.5 Å². The lowest BCUT2D eigenvalue weighted by Crippen LogP contribution is -2.47. The summed E-state index contributed by atoms with van der Waals surface area (Å²) in [6.07, 6.45) is 3.42. The van der Waals surface area contributed by atoms with Gasteiger partial charge in [-0.25, -0.2) is 9.97 Å². The molecule has 0 bridgehead atoms. The molecule has 26 heavy (non-hydrogen) atoms. The Bertz CT molecular complexity index is 629. The summed E-state index contributed by atoms with van der Waals surface area (Å²) >= 11 is 0. The van der Waals surface area contributed by atoms with Crippen molar-refractivity contribution in [3.05, 3.63) is 17.6 Å². The second kappa shape index (κ2) is 7.91. The van der Waals surface area contributed by atoms with Crippen molar-refractivity contribution < 1.29 is 9.53 Å². The standard InChI is InChI=1S/C20H32N4O2/c1-15(25)26-13-5-8-23-9-11-24(12-10-23)18-14-17(16-6-7-16)21-19(22-18)20(2,3)4/h14,16H,5-13H2,1-4H3. The number of ether oxygens (including phenoxy) is 1. The maximum absolute atomic E-state index is 10.8. The summed E-state index contributed by atoms with van der Waals surface area (Å²) in [6.45, 7) is 13.5. The number of carbonyl (C=O) groups excluding carboxylic acids is 1. The highest BCUT2D eigenvalue weighted by Crippen LogP contribution is 2.40. The van der Waals surface area contributed by atoms with Crippen molar-refractivity contribution in [2.24, 2.45) is 0 Å². The summed E-state index contributed by atoms with van der Waals surface area (Å²) in [7, 11) is 0. The third-order valence-corrected chi connectivity index (χ3v) is 5.02. The Labute approximate surface area is 156 Å². The van der Waals surface area contributed by atoms with E-state index in [1.807, 2.05) is 0 Å². The maximum atomic E-state index is 10.8. The summed E-state index contributed by atoms with van der Waals surface area (Å²) < 4.78 is 5.02. The Morgan fingerprint density at radius 2 is 1.88 bits per heavy atom. The van der Waals surface area contributed by atoms with E-state index >= 15 is 0 Å². The fourth-order valence-corrected chi connectivity index (χ4v) is 3.24. The highest BCUT2D eigenvalue weighted by molar-refractivity contribution is 5.65. The summed E-state index contributed by atoms with van der Waals surface area (Å²) in [4.78, 5) is 25.4. The van der Waals surface area contributed by atoms with Gasteiger partial charge in [0.25, 0.3) is 0 Å². The van der Waals surface area contributed by atoms with Gasteiger partial charge in [0.1, 0.15) is 11.6 Å². The van der Waals surface area contributed by atoms with Crippen molar-refractivity contribution in [2.45, 2.75) is 58.3 Å². The van der Waals surface area contributed by atoms with Crippen molar-refractivity contribution in [1.82, 2.24) is 14.9 Å². The fraction of sp³-hybridized carbons (Fsp3) is 0.750. The lowest BCUT2D eigenvalue weighted by Gasteiger charge is -2.36. The van der Waals surface area contributed by atoms with Gasteiger partial charge in [0.15, 0.2) is 0 Å². The first-order chi connectivity index (χ1) is 12.3. The molecule has 0 atom stereocenters. The molecule has 6 nitrogen and oxygen atoms in total. The van der Waals surface area contributed by atoms with Crippen LogP contribution in [0.25, 0.3) is 0 Å². The van der Waals surface area contributed by atoms with Crippen LogP contribution in [0, 0.1) is 0 Å². The molecule has 1 saturated carbocycles. The molecule has 0 radical (unpaired) electrons. The summed E-state index contributed by atoms with van der Waals surface area (Å²) in [5.74, 6) is 2.49. The van der Waals surface area contributed by atoms with Crippen LogP contribution >= 0.6 is 0 Å². The molecule has 1 saturated heterocycles. The van der Waals surface area contributed by atoms with E-state index in [2.05, 4.69) is 36.6 Å². The number of hydrogen-bond donors (Lipinski definition) is 0. The molecule has 3 rings (SSSR count). The topological polar surface area (TPSA) is 58.6 Å². The highest BCUT2D eigenvalue weighted by atomic mass is 16.5. The Morgan fingerprint density at radius 3 is 2.46 bits per heavy atom. The Hall–Kier alpha value is -1.69. The number of anilines is 1. The van der Waals surface area contributed by atoms with Gasteiger partial charge in [0.2, 0.25) is 0 Å². The zero-order chi connectivity index (χ0) is 18.7. The minimum absolute atomic E-state index is 0.0296. The van der Waals surface area contributed by atoms with Crippen molar-refractivity contribution in [3.63, 3.8) is 0 Å². The van der Waals surface area contributed by atoms with Gasteiger partial charge in [0.05, 0.1) is 6.61 Å². The Morgan fingerprint density at radius 1 is 1.19 bits per heavy atom. The van der Waals surface area contributed by atoms with Crippen molar-refractivity contribution >= 4 is 11.8 Å². The lowest BCUT2D eigenvalue weighted by molar-refractivity contribution is -0.141. The van der Waals surface area contributed by atoms with Crippen LogP contribution in [0.5, 0.6) is 0 Å². The number of hydrogen-bond acceptors (Lipinski definition) is 6. The van der Waals surface area contributed by atoms with Crippen LogP contribution in [0.1, 0.15) is 64.4 Å². The van der Waals surface area contributed by atoms with E-state index in [9.17, 15) is 4.79 Å². The number of carbonyl (C=O) groups is 1. The number of rotatable bonds is 6. The molecule has 2 aliphatic rings. The molecule has 1 aromatic rings. The molecular formula is C20H32N4O2. The Balaban J connectivity index is 1.58. The molecule has 0 unspecified atom stereocenters. The fourth-order valence-electron chi connectivity index (χ4n) is 3.24. The maximum Gasteiger partial charge on any atom is 0.302 e. The number of nitrogens with zero attached hydrogens (tertiary/aromatic N) is 4. The van der Waals surface area contributed by atoms with Crippen molar-refractivity contribution in [3.8, 4) is 0 Å². The average Bonchev–Trinajstić information content (AvgIpc) is 3.43. The first-order valence-electron chi connectivity index (χ1n) is 9.83. The van der Waals surface area contributed by atoms with Gasteiger partial charge in [-0.05, 0) is 19.3 Å². The predicted octanol–water partition coefficient (Wildman–Crippen LogP) is 2.73. The molecule has 1 aliphatic heterocycles. The van der Waals surface area contributed by atoms with Crippen LogP contribution in [0.3, 0.4) is 0 Å². The molecule has 144 valence electrons. The number of piperazine rings is 1. The SMILES string of the molecule is CC(=O)OCCCN1CCN(c2cc(C3CC3)nc(C(C)(C)C)n2)CC1. The number of esters is 1. The van der Waals surface area contributed by atoms with Crippen LogP contribution in [0.15, 0.2) is 6.07 Å². The molecule has 0 spiro atoms. The summed E-state index contributed by atoms with van der Waals surface area (Å²) in [5, 5.41) is 0. The molecular weight excluding hydrogens is 328 g/mol. The minimum atomic E-state index is -0.195. The molecule has 0 amide bonds. The van der Waals surface area contributed by atoms with E-state index in [1.54, 1.807) is 0 Å². The predicted molar refractivity (Wildman–Crippen MR) is 103 cm³/mol. The van der Waals surface area contributed by atoms with Gasteiger partial charge in [-0.15, -0.1) is 0 Å². The third-order valence-electron chi connectivity index (χ3n) is 5.02. The molecule has 2 heterocycles. The largest absolute Gasteiger partial charge is 0.466 e. The first-order valence-corrected chi connectivity index (χ1v) is 9.83. The monoisotopic (exact) mass is 360 g/mol. The van der Waals surface area contributed by atoms with Gasteiger partial charge >= 0.3 is 5.97 Å². The van der Waals surface area contributed by atoms with Gasteiger partial charge in [-0.2, -0.15) is 0 Å². The van der Waals surface area contributed by atoms with E-state index in [-0.39, 0.29) is 11.4 Å². The Kier molecular flexibility index (Phi) is 5.80. The average molecular weight is 361 g/mol. The molecule has 0 N–H and O–H groups in total. The highest BCUT2D eigenvalue weighted by Gasteiger charge is 2.29. The van der Waals surface area contributed by atoms with E-state index < -0.39 is 0 Å². The zero-order valence-corrected chi connectivity index (χ0v) is 16.6.